The molecule has 1 unspecified atom stereocenters. The van der Waals surface area contributed by atoms with Crippen molar-refractivity contribution in [2.45, 2.75) is 31.2 Å². The number of fused-ring (bicyclic) bond motifs is 1. The summed E-state index contributed by atoms with van der Waals surface area (Å²) in [6, 6.07) is 12.6. The number of aromatic nitrogens is 2. The minimum atomic E-state index is -3.64. The Bertz CT molecular complexity index is 1270. The van der Waals surface area contributed by atoms with Crippen LogP contribution in [0.15, 0.2) is 51.8 Å². The van der Waals surface area contributed by atoms with Crippen LogP contribution in [-0.4, -0.2) is 67.2 Å². The van der Waals surface area contributed by atoms with Crippen LogP contribution in [0.25, 0.3) is 11.5 Å². The van der Waals surface area contributed by atoms with Gasteiger partial charge in [-0.1, -0.05) is 17.7 Å². The zero-order chi connectivity index (χ0) is 23.7. The molecular weight excluding hydrogens is 456 g/mol. The lowest BCUT2D eigenvalue weighted by Gasteiger charge is -2.36. The molecule has 5 rings (SSSR count). The number of sulfonamides is 1. The predicted molar refractivity (Wildman–Crippen MR) is 125 cm³/mol. The van der Waals surface area contributed by atoms with Gasteiger partial charge in [0, 0.05) is 44.2 Å². The SMILES string of the molecule is Cc1cccc(-c2nnc(C(C)N3CCN(S(=O)(=O)c4ccc5c(c4)OCCCO5)CC3)o2)c1. The summed E-state index contributed by atoms with van der Waals surface area (Å²) in [5.41, 5.74) is 2.01. The molecule has 1 atom stereocenters. The number of nitrogens with zero attached hydrogens (tertiary/aromatic N) is 4. The van der Waals surface area contributed by atoms with Gasteiger partial charge in [-0.3, -0.25) is 4.90 Å². The van der Waals surface area contributed by atoms with Gasteiger partial charge in [-0.2, -0.15) is 4.31 Å². The van der Waals surface area contributed by atoms with Crippen molar-refractivity contribution in [3.8, 4) is 23.0 Å². The largest absolute Gasteiger partial charge is 0.490 e. The number of rotatable bonds is 5. The fourth-order valence-corrected chi connectivity index (χ4v) is 5.68. The first-order chi connectivity index (χ1) is 16.4. The van der Waals surface area contributed by atoms with Crippen LogP contribution in [0, 0.1) is 6.92 Å². The van der Waals surface area contributed by atoms with Crippen molar-refractivity contribution in [3.05, 3.63) is 53.9 Å². The van der Waals surface area contributed by atoms with Crippen molar-refractivity contribution >= 4 is 10.0 Å². The van der Waals surface area contributed by atoms with Crippen molar-refractivity contribution in [3.63, 3.8) is 0 Å². The molecule has 2 aliphatic heterocycles. The Morgan fingerprint density at radius 3 is 2.47 bits per heavy atom. The number of hydrogen-bond donors (Lipinski definition) is 0. The summed E-state index contributed by atoms with van der Waals surface area (Å²) in [6.07, 6.45) is 0.767. The first-order valence-electron chi connectivity index (χ1n) is 11.5. The standard InChI is InChI=1S/C24H28N4O5S/c1-17-5-3-6-19(15-17)24-26-25-23(33-24)18(2)27-9-11-28(12-10-27)34(29,30)20-7-8-21-22(16-20)32-14-4-13-31-21/h3,5-8,15-16,18H,4,9-14H2,1-2H3. The highest BCUT2D eigenvalue weighted by molar-refractivity contribution is 7.89. The molecule has 2 aliphatic rings. The van der Waals surface area contributed by atoms with E-state index in [0.717, 1.165) is 17.5 Å². The second kappa shape index (κ2) is 9.36. The van der Waals surface area contributed by atoms with Gasteiger partial charge in [-0.25, -0.2) is 8.42 Å². The Kier molecular flexibility index (Phi) is 6.28. The quantitative estimate of drug-likeness (QED) is 0.544. The van der Waals surface area contributed by atoms with Crippen LogP contribution in [0.5, 0.6) is 11.5 Å². The van der Waals surface area contributed by atoms with Crippen molar-refractivity contribution in [2.75, 3.05) is 39.4 Å². The van der Waals surface area contributed by atoms with Crippen LogP contribution in [0.1, 0.15) is 30.8 Å². The molecule has 10 heteroatoms. The second-order valence-corrected chi connectivity index (χ2v) is 10.5. The van der Waals surface area contributed by atoms with E-state index in [1.807, 2.05) is 38.1 Å². The van der Waals surface area contributed by atoms with Gasteiger partial charge >= 0.3 is 0 Å². The van der Waals surface area contributed by atoms with E-state index in [2.05, 4.69) is 15.1 Å². The number of piperazine rings is 1. The molecule has 0 spiro atoms. The number of hydrogen-bond acceptors (Lipinski definition) is 8. The lowest BCUT2D eigenvalue weighted by Crippen LogP contribution is -2.49. The third-order valence-corrected chi connectivity index (χ3v) is 8.14. The molecule has 2 aromatic carbocycles. The van der Waals surface area contributed by atoms with E-state index >= 15 is 0 Å². The van der Waals surface area contributed by atoms with E-state index in [-0.39, 0.29) is 10.9 Å². The number of aryl methyl sites for hydroxylation is 1. The molecule has 0 bridgehead atoms. The Morgan fingerprint density at radius 1 is 0.941 bits per heavy atom. The molecule has 9 nitrogen and oxygen atoms in total. The summed E-state index contributed by atoms with van der Waals surface area (Å²) < 4.78 is 45.3. The maximum atomic E-state index is 13.3. The van der Waals surface area contributed by atoms with Crippen LogP contribution < -0.4 is 9.47 Å². The van der Waals surface area contributed by atoms with Gasteiger partial charge < -0.3 is 13.9 Å². The van der Waals surface area contributed by atoms with Crippen LogP contribution in [0.4, 0.5) is 0 Å². The Labute approximate surface area is 199 Å². The summed E-state index contributed by atoms with van der Waals surface area (Å²) >= 11 is 0. The van der Waals surface area contributed by atoms with E-state index in [9.17, 15) is 8.42 Å². The minimum Gasteiger partial charge on any atom is -0.490 e. The van der Waals surface area contributed by atoms with Gasteiger partial charge in [0.1, 0.15) is 0 Å². The lowest BCUT2D eigenvalue weighted by molar-refractivity contribution is 0.129. The predicted octanol–water partition coefficient (Wildman–Crippen LogP) is 3.27. The zero-order valence-electron chi connectivity index (χ0n) is 19.3. The third kappa shape index (κ3) is 4.53. The Balaban J connectivity index is 1.25. The van der Waals surface area contributed by atoms with Gasteiger partial charge in [-0.15, -0.1) is 10.2 Å². The summed E-state index contributed by atoms with van der Waals surface area (Å²) in [7, 11) is -3.64. The van der Waals surface area contributed by atoms with E-state index in [0.29, 0.717) is 62.7 Å². The van der Waals surface area contributed by atoms with Crippen LogP contribution in [0.3, 0.4) is 0 Å². The zero-order valence-corrected chi connectivity index (χ0v) is 20.1. The highest BCUT2D eigenvalue weighted by Crippen LogP contribution is 2.33. The van der Waals surface area contributed by atoms with Crippen LogP contribution in [0.2, 0.25) is 0 Å². The van der Waals surface area contributed by atoms with E-state index < -0.39 is 10.0 Å². The molecule has 3 aromatic rings. The molecular formula is C24H28N4O5S. The molecule has 1 saturated heterocycles. The maximum absolute atomic E-state index is 13.3. The van der Waals surface area contributed by atoms with Crippen LogP contribution >= 0.6 is 0 Å². The highest BCUT2D eigenvalue weighted by Gasteiger charge is 2.32. The van der Waals surface area contributed by atoms with E-state index in [4.69, 9.17) is 13.9 Å². The molecule has 3 heterocycles. The third-order valence-electron chi connectivity index (χ3n) is 6.24. The lowest BCUT2D eigenvalue weighted by atomic mass is 10.1. The van der Waals surface area contributed by atoms with Gasteiger partial charge in [0.15, 0.2) is 11.5 Å². The van der Waals surface area contributed by atoms with Gasteiger partial charge in [0.2, 0.25) is 21.8 Å². The Morgan fingerprint density at radius 2 is 1.71 bits per heavy atom. The molecule has 0 aliphatic carbocycles. The van der Waals surface area contributed by atoms with Crippen molar-refractivity contribution in [1.82, 2.24) is 19.4 Å². The molecule has 34 heavy (non-hydrogen) atoms. The molecule has 0 saturated carbocycles. The van der Waals surface area contributed by atoms with E-state index in [1.165, 1.54) is 4.31 Å². The average molecular weight is 485 g/mol. The van der Waals surface area contributed by atoms with Crippen LogP contribution in [-0.2, 0) is 10.0 Å². The first-order valence-corrected chi connectivity index (χ1v) is 12.9. The molecule has 0 radical (unpaired) electrons. The second-order valence-electron chi connectivity index (χ2n) is 8.59. The summed E-state index contributed by atoms with van der Waals surface area (Å²) in [4.78, 5) is 2.38. The van der Waals surface area contributed by atoms with E-state index in [1.54, 1.807) is 18.2 Å². The van der Waals surface area contributed by atoms with Gasteiger partial charge in [0.25, 0.3) is 0 Å². The first kappa shape index (κ1) is 22.8. The molecule has 180 valence electrons. The summed E-state index contributed by atoms with van der Waals surface area (Å²) in [6.45, 7) is 6.96. The topological polar surface area (TPSA) is 98.0 Å². The minimum absolute atomic E-state index is 0.117. The monoisotopic (exact) mass is 484 g/mol. The molecule has 1 fully saturated rings. The summed E-state index contributed by atoms with van der Waals surface area (Å²) in [5.74, 6) is 2.07. The maximum Gasteiger partial charge on any atom is 0.247 e. The van der Waals surface area contributed by atoms with Crippen molar-refractivity contribution in [2.24, 2.45) is 0 Å². The molecule has 0 amide bonds. The van der Waals surface area contributed by atoms with Gasteiger partial charge in [0.05, 0.1) is 24.2 Å². The van der Waals surface area contributed by atoms with Gasteiger partial charge in [-0.05, 0) is 38.1 Å². The van der Waals surface area contributed by atoms with Crippen molar-refractivity contribution < 1.29 is 22.3 Å². The van der Waals surface area contributed by atoms with Crippen molar-refractivity contribution in [1.29, 1.82) is 0 Å². The fraction of sp³-hybridized carbons (Fsp3) is 0.417. The summed E-state index contributed by atoms with van der Waals surface area (Å²) in [5, 5.41) is 8.45. The molecule has 1 aromatic heterocycles. The average Bonchev–Trinajstić information content (AvgIpc) is 3.22. The fourth-order valence-electron chi connectivity index (χ4n) is 4.24. The Hall–Kier alpha value is -2.95. The normalized spacial score (nSPS) is 18.4. The number of benzene rings is 2. The number of ether oxygens (including phenoxy) is 2. The smallest absolute Gasteiger partial charge is 0.247 e. The highest BCUT2D eigenvalue weighted by atomic mass is 32.2. The molecule has 0 N–H and O–H groups in total.